The van der Waals surface area contributed by atoms with Gasteiger partial charge in [0.1, 0.15) is 0 Å². The van der Waals surface area contributed by atoms with Crippen LogP contribution in [0.4, 0.5) is 5.69 Å². The van der Waals surface area contributed by atoms with Crippen molar-refractivity contribution < 1.29 is 13.2 Å². The monoisotopic (exact) mass is 331 g/mol. The fourth-order valence-electron chi connectivity index (χ4n) is 2.61. The molecule has 1 aliphatic carbocycles. The fourth-order valence-corrected chi connectivity index (χ4v) is 4.89. The summed E-state index contributed by atoms with van der Waals surface area (Å²) in [6.45, 7) is 0. The Labute approximate surface area is 127 Å². The van der Waals surface area contributed by atoms with Crippen LogP contribution in [0.2, 0.25) is 10.0 Å². The Bertz CT molecular complexity index is 740. The van der Waals surface area contributed by atoms with E-state index in [1.54, 1.807) is 6.07 Å². The third-order valence-electron chi connectivity index (χ3n) is 3.54. The number of rotatable bonds is 1. The highest BCUT2D eigenvalue weighted by Gasteiger charge is 2.45. The van der Waals surface area contributed by atoms with E-state index in [1.165, 1.54) is 12.1 Å². The van der Waals surface area contributed by atoms with Crippen LogP contribution in [0.25, 0.3) is 0 Å². The maximum absolute atomic E-state index is 12.5. The van der Waals surface area contributed by atoms with Gasteiger partial charge in [-0.3, -0.25) is 4.79 Å². The predicted octanol–water partition coefficient (Wildman–Crippen LogP) is 3.50. The van der Waals surface area contributed by atoms with Gasteiger partial charge in [0.15, 0.2) is 0 Å². The minimum atomic E-state index is -3.81. The highest BCUT2D eigenvalue weighted by Crippen LogP contribution is 2.42. The molecule has 0 atom stereocenters. The third-order valence-corrected chi connectivity index (χ3v) is 6.01. The predicted molar refractivity (Wildman–Crippen MR) is 78.4 cm³/mol. The van der Waals surface area contributed by atoms with Crippen molar-refractivity contribution >= 4 is 44.8 Å². The van der Waals surface area contributed by atoms with Crippen LogP contribution in [0, 0.1) is 0 Å². The van der Waals surface area contributed by atoms with E-state index in [0.29, 0.717) is 23.4 Å². The van der Waals surface area contributed by atoms with Crippen molar-refractivity contribution in [1.82, 2.24) is 0 Å². The smallest absolute Gasteiger partial charge is 0.268 e. The molecule has 3 rings (SSSR count). The van der Waals surface area contributed by atoms with Crippen molar-refractivity contribution in [1.29, 1.82) is 0 Å². The summed E-state index contributed by atoms with van der Waals surface area (Å²) in [6, 6.07) is 4.44. The van der Waals surface area contributed by atoms with Crippen LogP contribution in [-0.4, -0.2) is 14.3 Å². The largest absolute Gasteiger partial charge is 0.269 e. The molecule has 0 saturated heterocycles. The summed E-state index contributed by atoms with van der Waals surface area (Å²) >= 11 is 11.9. The number of hydrogen-bond acceptors (Lipinski definition) is 3. The van der Waals surface area contributed by atoms with Gasteiger partial charge in [-0.25, -0.2) is 8.42 Å². The number of halogens is 2. The lowest BCUT2D eigenvalue weighted by Crippen LogP contribution is -2.31. The van der Waals surface area contributed by atoms with Crippen molar-refractivity contribution in [3.05, 3.63) is 38.7 Å². The number of allylic oxidation sites excluding steroid dienone is 1. The molecule has 0 N–H and O–H groups in total. The van der Waals surface area contributed by atoms with E-state index in [2.05, 4.69) is 0 Å². The van der Waals surface area contributed by atoms with E-state index in [-0.39, 0.29) is 15.6 Å². The Kier molecular flexibility index (Phi) is 3.31. The van der Waals surface area contributed by atoms with Crippen LogP contribution in [0.3, 0.4) is 0 Å². The highest BCUT2D eigenvalue weighted by atomic mass is 35.5. The molecule has 0 spiro atoms. The molecule has 7 heteroatoms. The normalized spacial score (nSPS) is 21.3. The van der Waals surface area contributed by atoms with Crippen molar-refractivity contribution in [2.45, 2.75) is 25.7 Å². The lowest BCUT2D eigenvalue weighted by atomic mass is 9.99. The number of sulfonamides is 1. The molecule has 0 aromatic heterocycles. The van der Waals surface area contributed by atoms with Crippen LogP contribution in [0.1, 0.15) is 25.7 Å². The molecule has 0 fully saturated rings. The topological polar surface area (TPSA) is 54.5 Å². The summed E-state index contributed by atoms with van der Waals surface area (Å²) < 4.78 is 25.9. The van der Waals surface area contributed by atoms with Crippen LogP contribution < -0.4 is 4.31 Å². The van der Waals surface area contributed by atoms with Gasteiger partial charge in [-0.15, -0.1) is 0 Å². The first-order valence-electron chi connectivity index (χ1n) is 6.19. The van der Waals surface area contributed by atoms with Gasteiger partial charge in [-0.2, -0.15) is 4.31 Å². The molecule has 20 heavy (non-hydrogen) atoms. The lowest BCUT2D eigenvalue weighted by Gasteiger charge is -2.18. The molecule has 1 aromatic carbocycles. The van der Waals surface area contributed by atoms with Gasteiger partial charge >= 0.3 is 0 Å². The molecule has 1 amide bonds. The SMILES string of the molecule is O=C1C2=C(CCCC2)S(=O)(=O)N1c1cc(Cl)ccc1Cl. The third kappa shape index (κ3) is 1.96. The Morgan fingerprint density at radius 3 is 2.50 bits per heavy atom. The molecular weight excluding hydrogens is 321 g/mol. The zero-order valence-electron chi connectivity index (χ0n) is 10.4. The summed E-state index contributed by atoms with van der Waals surface area (Å²) in [5.74, 6) is -0.496. The van der Waals surface area contributed by atoms with Crippen molar-refractivity contribution in [3.8, 4) is 0 Å². The number of carbonyl (C=O) groups is 1. The van der Waals surface area contributed by atoms with Gasteiger partial charge in [0.05, 0.1) is 15.6 Å². The molecule has 0 bridgehead atoms. The fraction of sp³-hybridized carbons (Fsp3) is 0.308. The molecule has 106 valence electrons. The van der Waals surface area contributed by atoms with Crippen LogP contribution in [0.15, 0.2) is 28.7 Å². The maximum atomic E-state index is 12.5. The second kappa shape index (κ2) is 4.76. The van der Waals surface area contributed by atoms with Gasteiger partial charge in [0.25, 0.3) is 15.9 Å². The molecular formula is C13H11Cl2NO3S. The average molecular weight is 332 g/mol. The first kappa shape index (κ1) is 13.9. The molecule has 4 nitrogen and oxygen atoms in total. The van der Waals surface area contributed by atoms with Crippen molar-refractivity contribution in [3.63, 3.8) is 0 Å². The summed E-state index contributed by atoms with van der Waals surface area (Å²) in [7, 11) is -3.81. The van der Waals surface area contributed by atoms with Crippen molar-refractivity contribution in [2.75, 3.05) is 4.31 Å². The zero-order chi connectivity index (χ0) is 14.5. The Morgan fingerprint density at radius 2 is 1.80 bits per heavy atom. The van der Waals surface area contributed by atoms with Gasteiger partial charge in [0.2, 0.25) is 0 Å². The number of anilines is 1. The summed E-state index contributed by atoms with van der Waals surface area (Å²) in [5, 5.41) is 0.517. The van der Waals surface area contributed by atoms with Crippen molar-refractivity contribution in [2.24, 2.45) is 0 Å². The quantitative estimate of drug-likeness (QED) is 0.791. The van der Waals surface area contributed by atoms with Gasteiger partial charge in [-0.1, -0.05) is 23.2 Å². The summed E-state index contributed by atoms with van der Waals surface area (Å²) in [5.41, 5.74) is 0.519. The zero-order valence-corrected chi connectivity index (χ0v) is 12.7. The molecule has 0 unspecified atom stereocenters. The summed E-state index contributed by atoms with van der Waals surface area (Å²) in [6.07, 6.45) is 2.53. The first-order valence-corrected chi connectivity index (χ1v) is 8.39. The van der Waals surface area contributed by atoms with Crippen LogP contribution in [0.5, 0.6) is 0 Å². The number of hydrogen-bond donors (Lipinski definition) is 0. The Balaban J connectivity index is 2.17. The number of amides is 1. The molecule has 2 aliphatic rings. The minimum absolute atomic E-state index is 0.124. The highest BCUT2D eigenvalue weighted by molar-refractivity contribution is 7.98. The second-order valence-electron chi connectivity index (χ2n) is 4.78. The minimum Gasteiger partial charge on any atom is -0.268 e. The summed E-state index contributed by atoms with van der Waals surface area (Å²) in [4.78, 5) is 12.6. The van der Waals surface area contributed by atoms with Gasteiger partial charge in [-0.05, 0) is 43.9 Å². The second-order valence-corrected chi connectivity index (χ2v) is 7.43. The molecule has 1 aliphatic heterocycles. The standard InChI is InChI=1S/C13H11Cl2NO3S/c14-8-5-6-10(15)11(7-8)16-13(17)9-3-1-2-4-12(9)20(16,18)19/h5-7H,1-4H2. The maximum Gasteiger partial charge on any atom is 0.269 e. The molecule has 0 saturated carbocycles. The van der Waals surface area contributed by atoms with E-state index in [1.807, 2.05) is 0 Å². The number of carbonyl (C=O) groups excluding carboxylic acids is 1. The van der Waals surface area contributed by atoms with E-state index >= 15 is 0 Å². The van der Waals surface area contributed by atoms with E-state index in [4.69, 9.17) is 23.2 Å². The average Bonchev–Trinajstić information content (AvgIpc) is 2.61. The van der Waals surface area contributed by atoms with Gasteiger partial charge in [0, 0.05) is 10.6 Å². The Morgan fingerprint density at radius 1 is 1.10 bits per heavy atom. The van der Waals surface area contributed by atoms with Crippen LogP contribution >= 0.6 is 23.2 Å². The first-order chi connectivity index (χ1) is 9.43. The Hall–Kier alpha value is -1.04. The molecule has 0 radical (unpaired) electrons. The number of benzene rings is 1. The molecule has 1 aromatic rings. The van der Waals surface area contributed by atoms with Gasteiger partial charge < -0.3 is 0 Å². The van der Waals surface area contributed by atoms with Crippen LogP contribution in [-0.2, 0) is 14.8 Å². The number of nitrogens with zero attached hydrogens (tertiary/aromatic N) is 1. The van der Waals surface area contributed by atoms with E-state index in [0.717, 1.165) is 17.1 Å². The lowest BCUT2D eigenvalue weighted by molar-refractivity contribution is -0.114. The van der Waals surface area contributed by atoms with E-state index in [9.17, 15) is 13.2 Å². The molecule has 1 heterocycles. The van der Waals surface area contributed by atoms with E-state index < -0.39 is 15.9 Å².